The average Bonchev–Trinajstić information content (AvgIpc) is 2.40. The molecule has 0 spiro atoms. The molecule has 1 aromatic rings. The molecule has 2 N–H and O–H groups in total. The van der Waals surface area contributed by atoms with E-state index in [0.29, 0.717) is 5.69 Å². The highest BCUT2D eigenvalue weighted by molar-refractivity contribution is 6.05. The highest BCUT2D eigenvalue weighted by atomic mass is 16.7. The number of para-hydroxylation sites is 1. The van der Waals surface area contributed by atoms with Crippen LogP contribution in [0.2, 0.25) is 0 Å². The molecule has 0 aromatic heterocycles. The van der Waals surface area contributed by atoms with Crippen molar-refractivity contribution in [2.24, 2.45) is 0 Å². The summed E-state index contributed by atoms with van der Waals surface area (Å²) in [6.07, 6.45) is 3.40. The fraction of sp³-hybridized carbons (Fsp3) is 0.154. The number of aliphatic hydroxyl groups is 1. The summed E-state index contributed by atoms with van der Waals surface area (Å²) in [6.45, 7) is 0. The van der Waals surface area contributed by atoms with Gasteiger partial charge in [0.05, 0.1) is 11.3 Å². The van der Waals surface area contributed by atoms with Crippen molar-refractivity contribution in [1.82, 2.24) is 0 Å². The van der Waals surface area contributed by atoms with E-state index in [1.165, 1.54) is 12.2 Å². The second kappa shape index (κ2) is 5.03. The SMILES string of the molecule is O=C(Nc1ccccc1)C1=CCC(O)([N+](=O)[O-])C=C1. The van der Waals surface area contributed by atoms with Gasteiger partial charge in [-0.3, -0.25) is 14.9 Å². The molecule has 1 atom stereocenters. The Morgan fingerprint density at radius 1 is 1.37 bits per heavy atom. The van der Waals surface area contributed by atoms with E-state index in [-0.39, 0.29) is 17.9 Å². The molecule has 0 bridgehead atoms. The molecule has 0 radical (unpaired) electrons. The molecule has 2 rings (SSSR count). The summed E-state index contributed by atoms with van der Waals surface area (Å²) < 4.78 is 0. The third-order valence-corrected chi connectivity index (χ3v) is 2.76. The van der Waals surface area contributed by atoms with Gasteiger partial charge in [-0.05, 0) is 18.2 Å². The van der Waals surface area contributed by atoms with E-state index in [1.807, 2.05) is 6.07 Å². The van der Waals surface area contributed by atoms with E-state index in [9.17, 15) is 20.0 Å². The van der Waals surface area contributed by atoms with Crippen LogP contribution in [0.5, 0.6) is 0 Å². The molecule has 0 saturated heterocycles. The summed E-state index contributed by atoms with van der Waals surface area (Å²) in [6, 6.07) is 8.86. The van der Waals surface area contributed by atoms with Crippen LogP contribution in [0.1, 0.15) is 6.42 Å². The van der Waals surface area contributed by atoms with Crippen molar-refractivity contribution in [2.45, 2.75) is 12.1 Å². The van der Waals surface area contributed by atoms with Gasteiger partial charge in [-0.25, -0.2) is 0 Å². The Hall–Kier alpha value is -2.47. The Balaban J connectivity index is 2.05. The third kappa shape index (κ3) is 2.86. The molecule has 19 heavy (non-hydrogen) atoms. The molecule has 1 aliphatic carbocycles. The largest absolute Gasteiger partial charge is 0.345 e. The van der Waals surface area contributed by atoms with Crippen LogP contribution >= 0.6 is 0 Å². The minimum absolute atomic E-state index is 0.228. The van der Waals surface area contributed by atoms with E-state index in [0.717, 1.165) is 6.08 Å². The molecular weight excluding hydrogens is 248 g/mol. The summed E-state index contributed by atoms with van der Waals surface area (Å²) in [5.74, 6) is -0.368. The van der Waals surface area contributed by atoms with Crippen LogP contribution in [0.15, 0.2) is 54.1 Å². The minimum Gasteiger partial charge on any atom is -0.327 e. The summed E-state index contributed by atoms with van der Waals surface area (Å²) >= 11 is 0. The number of nitro groups is 1. The Bertz CT molecular complexity index is 565. The Kier molecular flexibility index (Phi) is 3.43. The normalized spacial score (nSPS) is 21.6. The zero-order valence-electron chi connectivity index (χ0n) is 9.95. The maximum atomic E-state index is 11.9. The lowest BCUT2D eigenvalue weighted by Gasteiger charge is -2.17. The smallest absolute Gasteiger partial charge is 0.327 e. The minimum atomic E-state index is -2.11. The van der Waals surface area contributed by atoms with Crippen molar-refractivity contribution in [3.8, 4) is 0 Å². The van der Waals surface area contributed by atoms with Crippen molar-refractivity contribution in [2.75, 3.05) is 5.32 Å². The van der Waals surface area contributed by atoms with Gasteiger partial charge >= 0.3 is 5.72 Å². The summed E-state index contributed by atoms with van der Waals surface area (Å²) in [5, 5.41) is 22.9. The molecule has 1 aliphatic rings. The first kappa shape index (κ1) is 13.0. The standard InChI is InChI=1S/C13H12N2O4/c16-12(14-11-4-2-1-3-5-11)10-6-8-13(17,9-7-10)15(18)19/h1-8,17H,9H2,(H,14,16). The Labute approximate surface area is 109 Å². The predicted molar refractivity (Wildman–Crippen MR) is 68.9 cm³/mol. The first-order valence-electron chi connectivity index (χ1n) is 5.64. The highest BCUT2D eigenvalue weighted by Gasteiger charge is 2.38. The van der Waals surface area contributed by atoms with Crippen molar-refractivity contribution in [3.63, 3.8) is 0 Å². The van der Waals surface area contributed by atoms with Crippen LogP contribution in [0, 0.1) is 10.1 Å². The maximum Gasteiger partial charge on any atom is 0.345 e. The predicted octanol–water partition coefficient (Wildman–Crippen LogP) is 1.48. The summed E-state index contributed by atoms with van der Waals surface area (Å²) in [5.41, 5.74) is -1.19. The van der Waals surface area contributed by atoms with Gasteiger partial charge in [0, 0.05) is 17.3 Å². The molecule has 1 amide bonds. The number of hydrogen-bond donors (Lipinski definition) is 2. The van der Waals surface area contributed by atoms with Gasteiger partial charge in [-0.1, -0.05) is 24.3 Å². The van der Waals surface area contributed by atoms with E-state index < -0.39 is 10.6 Å². The quantitative estimate of drug-likeness (QED) is 0.489. The fourth-order valence-electron chi connectivity index (χ4n) is 1.65. The van der Waals surface area contributed by atoms with Gasteiger partial charge in [0.15, 0.2) is 0 Å². The van der Waals surface area contributed by atoms with Gasteiger partial charge in [-0.2, -0.15) is 0 Å². The summed E-state index contributed by atoms with van der Waals surface area (Å²) in [4.78, 5) is 21.7. The van der Waals surface area contributed by atoms with Crippen LogP contribution in [-0.4, -0.2) is 21.7 Å². The Morgan fingerprint density at radius 2 is 2.05 bits per heavy atom. The number of benzene rings is 1. The van der Waals surface area contributed by atoms with E-state index in [2.05, 4.69) is 5.32 Å². The molecule has 1 aromatic carbocycles. The lowest BCUT2D eigenvalue weighted by molar-refractivity contribution is -0.607. The van der Waals surface area contributed by atoms with Gasteiger partial charge < -0.3 is 10.4 Å². The average molecular weight is 260 g/mol. The van der Waals surface area contributed by atoms with Crippen molar-refractivity contribution in [3.05, 3.63) is 64.2 Å². The van der Waals surface area contributed by atoms with Crippen LogP contribution in [0.25, 0.3) is 0 Å². The van der Waals surface area contributed by atoms with E-state index in [1.54, 1.807) is 24.3 Å². The number of anilines is 1. The second-order valence-electron chi connectivity index (χ2n) is 4.15. The molecule has 0 aliphatic heterocycles. The van der Waals surface area contributed by atoms with E-state index in [4.69, 9.17) is 0 Å². The van der Waals surface area contributed by atoms with Gasteiger partial charge in [0.25, 0.3) is 5.91 Å². The maximum absolute atomic E-state index is 11.9. The van der Waals surface area contributed by atoms with Crippen LogP contribution in [0.4, 0.5) is 5.69 Å². The van der Waals surface area contributed by atoms with Crippen molar-refractivity contribution >= 4 is 11.6 Å². The van der Waals surface area contributed by atoms with Crippen molar-refractivity contribution in [1.29, 1.82) is 0 Å². The molecule has 6 heteroatoms. The lowest BCUT2D eigenvalue weighted by Crippen LogP contribution is -2.37. The second-order valence-corrected chi connectivity index (χ2v) is 4.15. The number of hydrogen-bond acceptors (Lipinski definition) is 4. The third-order valence-electron chi connectivity index (χ3n) is 2.76. The summed E-state index contributed by atoms with van der Waals surface area (Å²) in [7, 11) is 0. The molecule has 98 valence electrons. The molecule has 0 fully saturated rings. The van der Waals surface area contributed by atoms with Gasteiger partial charge in [-0.15, -0.1) is 0 Å². The van der Waals surface area contributed by atoms with Crippen LogP contribution in [-0.2, 0) is 4.79 Å². The van der Waals surface area contributed by atoms with Crippen LogP contribution in [0.3, 0.4) is 0 Å². The fourth-order valence-corrected chi connectivity index (χ4v) is 1.65. The molecule has 1 unspecified atom stereocenters. The molecule has 6 nitrogen and oxygen atoms in total. The Morgan fingerprint density at radius 3 is 2.58 bits per heavy atom. The first-order valence-corrected chi connectivity index (χ1v) is 5.64. The zero-order valence-corrected chi connectivity index (χ0v) is 9.95. The number of carbonyl (C=O) groups is 1. The van der Waals surface area contributed by atoms with Crippen molar-refractivity contribution < 1.29 is 14.8 Å². The van der Waals surface area contributed by atoms with Gasteiger partial charge in [0.1, 0.15) is 0 Å². The molecule has 0 heterocycles. The highest BCUT2D eigenvalue weighted by Crippen LogP contribution is 2.22. The number of carbonyl (C=O) groups excluding carboxylic acids is 1. The zero-order chi connectivity index (χ0) is 13.9. The number of rotatable bonds is 3. The topological polar surface area (TPSA) is 92.5 Å². The monoisotopic (exact) mass is 260 g/mol. The molecule has 0 saturated carbocycles. The lowest BCUT2D eigenvalue weighted by atomic mass is 9.99. The van der Waals surface area contributed by atoms with Crippen LogP contribution < -0.4 is 5.32 Å². The molecular formula is C13H12N2O4. The number of nitrogens with one attached hydrogen (secondary N) is 1. The first-order chi connectivity index (χ1) is 9.01. The number of amides is 1. The van der Waals surface area contributed by atoms with Gasteiger partial charge in [0.2, 0.25) is 0 Å². The number of nitrogens with zero attached hydrogens (tertiary/aromatic N) is 1. The van der Waals surface area contributed by atoms with E-state index >= 15 is 0 Å².